The van der Waals surface area contributed by atoms with Gasteiger partial charge in [0, 0.05) is 12.4 Å². The van der Waals surface area contributed by atoms with Crippen molar-refractivity contribution in [2.75, 3.05) is 64.3 Å². The SMILES string of the molecule is COc1ccccc1Oc1c(OCCOC(=O)OCCCCCO[N+](=O)[O-])nc(-c2ncccn2)nc1N(C(C)OC(=O)OCCOCCO[N+](=O)[O-])S(=O)(=O)c1ccc(C(C)(C)C)cc1. The highest BCUT2D eigenvalue weighted by atomic mass is 32.2. The van der Waals surface area contributed by atoms with Crippen LogP contribution in [0.1, 0.15) is 52.5 Å². The van der Waals surface area contributed by atoms with Gasteiger partial charge < -0.3 is 47.6 Å². The third kappa shape index (κ3) is 16.0. The summed E-state index contributed by atoms with van der Waals surface area (Å²) < 4.78 is 74.6. The first-order valence-electron chi connectivity index (χ1n) is 20.0. The average Bonchev–Trinajstić information content (AvgIpc) is 3.27. The van der Waals surface area contributed by atoms with E-state index in [1.807, 2.05) is 20.8 Å². The summed E-state index contributed by atoms with van der Waals surface area (Å²) in [5.74, 6) is -1.58. The molecular weight excluding hydrogens is 899 g/mol. The van der Waals surface area contributed by atoms with E-state index in [-0.39, 0.29) is 66.5 Å². The van der Waals surface area contributed by atoms with Crippen LogP contribution in [0.15, 0.2) is 71.9 Å². The lowest BCUT2D eigenvalue weighted by molar-refractivity contribution is -0.758. The minimum absolute atomic E-state index is 0.0339. The average molecular weight is 948 g/mol. The molecule has 0 aliphatic heterocycles. The molecule has 0 aliphatic carbocycles. The van der Waals surface area contributed by atoms with Crippen molar-refractivity contribution in [1.29, 1.82) is 0 Å². The maximum Gasteiger partial charge on any atom is 0.510 e. The molecule has 1 atom stereocenters. The van der Waals surface area contributed by atoms with E-state index in [0.29, 0.717) is 23.6 Å². The first-order chi connectivity index (χ1) is 31.5. The van der Waals surface area contributed by atoms with Crippen LogP contribution >= 0.6 is 0 Å². The Bertz CT molecular complexity index is 2320. The number of ether oxygens (including phenoxy) is 8. The molecule has 26 heteroatoms. The van der Waals surface area contributed by atoms with E-state index in [2.05, 4.69) is 29.6 Å². The smallest absolute Gasteiger partial charge is 0.493 e. The predicted molar refractivity (Wildman–Crippen MR) is 226 cm³/mol. The summed E-state index contributed by atoms with van der Waals surface area (Å²) in [5.41, 5.74) is 0.448. The topological polar surface area (TPSA) is 302 Å². The summed E-state index contributed by atoms with van der Waals surface area (Å²) in [7, 11) is -3.45. The van der Waals surface area contributed by atoms with Gasteiger partial charge in [0.25, 0.3) is 26.1 Å². The Morgan fingerprint density at radius 3 is 2.00 bits per heavy atom. The van der Waals surface area contributed by atoms with Crippen molar-refractivity contribution in [3.63, 3.8) is 0 Å². The Balaban J connectivity index is 1.76. The monoisotopic (exact) mass is 947 g/mol. The van der Waals surface area contributed by atoms with Gasteiger partial charge in [0.1, 0.15) is 26.4 Å². The summed E-state index contributed by atoms with van der Waals surface area (Å²) in [4.78, 5) is 71.9. The molecule has 0 bridgehead atoms. The van der Waals surface area contributed by atoms with Gasteiger partial charge in [0.2, 0.25) is 11.6 Å². The highest BCUT2D eigenvalue weighted by molar-refractivity contribution is 7.92. The quantitative estimate of drug-likeness (QED) is 0.0222. The second kappa shape index (κ2) is 25.2. The number of benzene rings is 2. The Morgan fingerprint density at radius 2 is 1.33 bits per heavy atom. The van der Waals surface area contributed by atoms with Crippen LogP contribution < -0.4 is 18.5 Å². The van der Waals surface area contributed by atoms with E-state index < -0.39 is 76.0 Å². The van der Waals surface area contributed by atoms with Crippen molar-refractivity contribution in [3.05, 3.63) is 92.8 Å². The zero-order valence-corrected chi connectivity index (χ0v) is 37.4. The summed E-state index contributed by atoms with van der Waals surface area (Å²) >= 11 is 0. The summed E-state index contributed by atoms with van der Waals surface area (Å²) in [6.45, 7) is 4.91. The van der Waals surface area contributed by atoms with Crippen LogP contribution in [0.25, 0.3) is 11.6 Å². The van der Waals surface area contributed by atoms with Crippen molar-refractivity contribution >= 4 is 28.2 Å². The lowest BCUT2D eigenvalue weighted by Gasteiger charge is -2.30. The second-order valence-electron chi connectivity index (χ2n) is 14.3. The third-order valence-corrected chi connectivity index (χ3v) is 10.4. The number of nitrogens with zero attached hydrogens (tertiary/aromatic N) is 7. The van der Waals surface area contributed by atoms with Gasteiger partial charge in [-0.1, -0.05) is 45.0 Å². The molecule has 25 nitrogen and oxygen atoms in total. The molecule has 0 saturated heterocycles. The number of hydrogen-bond donors (Lipinski definition) is 0. The summed E-state index contributed by atoms with van der Waals surface area (Å²) in [5, 5.41) is 18.8. The first-order valence-corrected chi connectivity index (χ1v) is 21.5. The largest absolute Gasteiger partial charge is 0.510 e. The molecule has 0 aliphatic rings. The van der Waals surface area contributed by atoms with Gasteiger partial charge in [-0.2, -0.15) is 4.98 Å². The fourth-order valence-electron chi connectivity index (χ4n) is 5.46. The molecular formula is C40H49N7O18S. The Hall–Kier alpha value is -7.35. The van der Waals surface area contributed by atoms with Crippen molar-refractivity contribution in [3.8, 4) is 34.8 Å². The van der Waals surface area contributed by atoms with E-state index in [1.165, 1.54) is 50.7 Å². The molecule has 2 aromatic heterocycles. The van der Waals surface area contributed by atoms with E-state index in [9.17, 15) is 29.8 Å². The van der Waals surface area contributed by atoms with Crippen molar-refractivity contribution in [2.24, 2.45) is 0 Å². The van der Waals surface area contributed by atoms with Crippen molar-refractivity contribution in [2.45, 2.75) is 63.5 Å². The van der Waals surface area contributed by atoms with Crippen LogP contribution in [0.2, 0.25) is 0 Å². The van der Waals surface area contributed by atoms with E-state index in [1.54, 1.807) is 30.3 Å². The van der Waals surface area contributed by atoms with Crippen molar-refractivity contribution < 1.29 is 75.8 Å². The number of hydrogen-bond acceptors (Lipinski definition) is 22. The number of methoxy groups -OCH3 is 1. The van der Waals surface area contributed by atoms with Gasteiger partial charge in [0.15, 0.2) is 29.4 Å². The number of carbonyl (C=O) groups is 2. The fraction of sp³-hybridized carbons (Fsp3) is 0.450. The second-order valence-corrected chi connectivity index (χ2v) is 16.1. The molecule has 4 rings (SSSR count). The minimum atomic E-state index is -4.82. The molecule has 2 aromatic carbocycles. The highest BCUT2D eigenvalue weighted by Gasteiger charge is 2.39. The number of aromatic nitrogens is 4. The lowest BCUT2D eigenvalue weighted by Crippen LogP contribution is -2.42. The van der Waals surface area contributed by atoms with Crippen LogP contribution in [-0.4, -0.2) is 117 Å². The Kier molecular flexibility index (Phi) is 19.6. The van der Waals surface area contributed by atoms with Crippen LogP contribution in [0, 0.1) is 20.2 Å². The normalized spacial score (nSPS) is 11.7. The van der Waals surface area contributed by atoms with Crippen LogP contribution in [-0.2, 0) is 48.8 Å². The number of rotatable bonds is 27. The van der Waals surface area contributed by atoms with Crippen LogP contribution in [0.5, 0.6) is 23.1 Å². The number of carbonyl (C=O) groups excluding carboxylic acids is 2. The molecule has 0 N–H and O–H groups in total. The standard InChI is InChI=1S/C40H49N7O18S/c1-28(64-39(49)61-24-22-57-23-27-63-47(52)53)45(66(54,55)30-16-14-29(15-17-30)40(2,3)4)36-33(65-32-13-8-7-12-31(32)56-5)37(44-35(43-36)34-41-18-11-19-42-34)58-25-26-60-38(48)59-20-9-6-10-21-62-46(50)51/h7-8,11-19,28H,6,9-10,20-27H2,1-5H3. The number of para-hydroxylation sites is 2. The van der Waals surface area contributed by atoms with E-state index in [4.69, 9.17) is 37.9 Å². The molecule has 4 aromatic rings. The summed E-state index contributed by atoms with van der Waals surface area (Å²) in [6, 6.07) is 13.9. The molecule has 0 spiro atoms. The van der Waals surface area contributed by atoms with E-state index in [0.717, 1.165) is 5.56 Å². The van der Waals surface area contributed by atoms with Gasteiger partial charge in [-0.05, 0) is 67.5 Å². The van der Waals surface area contributed by atoms with E-state index >= 15 is 8.42 Å². The fourth-order valence-corrected chi connectivity index (χ4v) is 6.96. The molecule has 0 radical (unpaired) electrons. The Morgan fingerprint density at radius 1 is 0.727 bits per heavy atom. The maximum atomic E-state index is 15.0. The molecule has 66 heavy (non-hydrogen) atoms. The van der Waals surface area contributed by atoms with Gasteiger partial charge in [0.05, 0.1) is 38.4 Å². The number of anilines is 1. The molecule has 0 fully saturated rings. The third-order valence-electron chi connectivity index (χ3n) is 8.57. The van der Waals surface area contributed by atoms with Gasteiger partial charge in [-0.25, -0.2) is 37.3 Å². The number of sulfonamides is 1. The Labute approximate surface area is 378 Å². The maximum absolute atomic E-state index is 15.0. The molecule has 0 saturated carbocycles. The molecule has 2 heterocycles. The van der Waals surface area contributed by atoms with Crippen LogP contribution in [0.4, 0.5) is 15.4 Å². The first kappa shape index (κ1) is 51.3. The molecule has 0 amide bonds. The number of unbranched alkanes of at least 4 members (excludes halogenated alkanes) is 2. The van der Waals surface area contributed by atoms with Gasteiger partial charge in [-0.3, -0.25) is 0 Å². The van der Waals surface area contributed by atoms with Gasteiger partial charge in [-0.15, -0.1) is 20.2 Å². The predicted octanol–water partition coefficient (Wildman–Crippen LogP) is 5.86. The minimum Gasteiger partial charge on any atom is -0.493 e. The summed E-state index contributed by atoms with van der Waals surface area (Å²) in [6.07, 6.45) is -0.169. The van der Waals surface area contributed by atoms with Crippen molar-refractivity contribution in [1.82, 2.24) is 19.9 Å². The lowest BCUT2D eigenvalue weighted by atomic mass is 9.87. The molecule has 358 valence electrons. The molecule has 1 unspecified atom stereocenters. The zero-order valence-electron chi connectivity index (χ0n) is 36.6. The zero-order chi connectivity index (χ0) is 48.1. The highest BCUT2D eigenvalue weighted by Crippen LogP contribution is 2.44. The van der Waals surface area contributed by atoms with Gasteiger partial charge >= 0.3 is 12.3 Å². The van der Waals surface area contributed by atoms with Crippen LogP contribution in [0.3, 0.4) is 0 Å².